The van der Waals surface area contributed by atoms with E-state index in [2.05, 4.69) is 13.8 Å². The number of hydrogen-bond donors (Lipinski definition) is 2. The predicted octanol–water partition coefficient (Wildman–Crippen LogP) is 5.56. The van der Waals surface area contributed by atoms with E-state index in [1.165, 1.54) is 19.3 Å². The molecule has 0 unspecified atom stereocenters. The molecule has 0 aliphatic rings. The van der Waals surface area contributed by atoms with Gasteiger partial charge in [-0.2, -0.15) is 0 Å². The molecular formula is C19H34O4. The van der Waals surface area contributed by atoms with Gasteiger partial charge < -0.3 is 10.2 Å². The van der Waals surface area contributed by atoms with Crippen LogP contribution in [0.15, 0.2) is 11.1 Å². The molecule has 0 atom stereocenters. The van der Waals surface area contributed by atoms with Crippen LogP contribution in [0.3, 0.4) is 0 Å². The van der Waals surface area contributed by atoms with Crippen molar-refractivity contribution in [2.75, 3.05) is 0 Å². The van der Waals surface area contributed by atoms with E-state index in [0.717, 1.165) is 51.4 Å². The highest BCUT2D eigenvalue weighted by Crippen LogP contribution is 2.21. The summed E-state index contributed by atoms with van der Waals surface area (Å²) in [6.07, 6.45) is 12.2. The fraction of sp³-hybridized carbons (Fsp3) is 0.789. The summed E-state index contributed by atoms with van der Waals surface area (Å²) >= 11 is 0. The third kappa shape index (κ3) is 10.9. The molecule has 0 heterocycles. The summed E-state index contributed by atoms with van der Waals surface area (Å²) in [6.45, 7) is 4.29. The normalized spacial score (nSPS) is 12.1. The quantitative estimate of drug-likeness (QED) is 0.305. The summed E-state index contributed by atoms with van der Waals surface area (Å²) in [5.74, 6) is -2.13. The Hall–Kier alpha value is -1.32. The van der Waals surface area contributed by atoms with Gasteiger partial charge in [0, 0.05) is 11.1 Å². The molecule has 0 amide bonds. The summed E-state index contributed by atoms with van der Waals surface area (Å²) in [4.78, 5) is 22.8. The predicted molar refractivity (Wildman–Crippen MR) is 93.7 cm³/mol. The zero-order valence-electron chi connectivity index (χ0n) is 14.9. The minimum Gasteiger partial charge on any atom is -0.478 e. The molecule has 0 saturated heterocycles. The topological polar surface area (TPSA) is 74.6 Å². The maximum absolute atomic E-state index is 11.4. The number of carboxylic acid groups (broad SMARTS) is 2. The standard InChI is InChI=1S/C19H34O4/c1-3-5-7-9-11-13-15-17(19(22)23)16(18(20)21)14-12-10-8-6-4-2/h3-15H2,1-2H3,(H,20,21)(H,22,23). The van der Waals surface area contributed by atoms with Crippen LogP contribution in [0.2, 0.25) is 0 Å². The van der Waals surface area contributed by atoms with Gasteiger partial charge in [-0.05, 0) is 25.7 Å². The van der Waals surface area contributed by atoms with Crippen LogP contribution >= 0.6 is 0 Å². The Morgan fingerprint density at radius 2 is 0.870 bits per heavy atom. The van der Waals surface area contributed by atoms with Crippen LogP contribution in [-0.4, -0.2) is 22.2 Å². The first-order chi connectivity index (χ1) is 11.0. The van der Waals surface area contributed by atoms with Crippen LogP contribution in [0.4, 0.5) is 0 Å². The Bertz CT molecular complexity index is 372. The second-order valence-corrected chi connectivity index (χ2v) is 6.25. The molecule has 0 aromatic rings. The summed E-state index contributed by atoms with van der Waals surface area (Å²) in [5.41, 5.74) is 0.228. The van der Waals surface area contributed by atoms with E-state index in [1.807, 2.05) is 0 Å². The molecule has 4 nitrogen and oxygen atoms in total. The van der Waals surface area contributed by atoms with Crippen molar-refractivity contribution >= 4 is 11.9 Å². The number of aliphatic carboxylic acids is 2. The van der Waals surface area contributed by atoms with E-state index >= 15 is 0 Å². The Morgan fingerprint density at radius 3 is 1.17 bits per heavy atom. The highest BCUT2D eigenvalue weighted by Gasteiger charge is 2.19. The van der Waals surface area contributed by atoms with Gasteiger partial charge in [0.2, 0.25) is 0 Å². The zero-order chi connectivity index (χ0) is 17.5. The molecule has 0 aromatic heterocycles. The van der Waals surface area contributed by atoms with Crippen molar-refractivity contribution in [3.8, 4) is 0 Å². The molecule has 4 heteroatoms. The molecule has 0 rings (SSSR count). The van der Waals surface area contributed by atoms with Gasteiger partial charge in [-0.25, -0.2) is 9.59 Å². The van der Waals surface area contributed by atoms with E-state index in [9.17, 15) is 19.8 Å². The van der Waals surface area contributed by atoms with E-state index in [0.29, 0.717) is 12.8 Å². The summed E-state index contributed by atoms with van der Waals surface area (Å²) in [5, 5.41) is 18.7. The number of rotatable bonds is 15. The van der Waals surface area contributed by atoms with Crippen molar-refractivity contribution in [2.24, 2.45) is 0 Å². The van der Waals surface area contributed by atoms with Crippen molar-refractivity contribution in [3.05, 3.63) is 11.1 Å². The molecule has 0 saturated carbocycles. The van der Waals surface area contributed by atoms with Gasteiger partial charge in [0.05, 0.1) is 0 Å². The Kier molecular flexibility index (Phi) is 13.5. The molecule has 134 valence electrons. The third-order valence-electron chi connectivity index (χ3n) is 4.19. The van der Waals surface area contributed by atoms with Crippen molar-refractivity contribution < 1.29 is 19.8 Å². The molecule has 23 heavy (non-hydrogen) atoms. The Balaban J connectivity index is 4.49. The van der Waals surface area contributed by atoms with Crippen LogP contribution in [-0.2, 0) is 9.59 Å². The van der Waals surface area contributed by atoms with Gasteiger partial charge in [-0.15, -0.1) is 0 Å². The average Bonchev–Trinajstić information content (AvgIpc) is 2.50. The van der Waals surface area contributed by atoms with Crippen molar-refractivity contribution in [1.29, 1.82) is 0 Å². The van der Waals surface area contributed by atoms with Crippen molar-refractivity contribution in [3.63, 3.8) is 0 Å². The zero-order valence-corrected chi connectivity index (χ0v) is 14.9. The number of carbonyl (C=O) groups is 2. The van der Waals surface area contributed by atoms with E-state index in [-0.39, 0.29) is 11.1 Å². The smallest absolute Gasteiger partial charge is 0.332 e. The lowest BCUT2D eigenvalue weighted by Crippen LogP contribution is -2.12. The summed E-state index contributed by atoms with van der Waals surface area (Å²) in [7, 11) is 0. The van der Waals surface area contributed by atoms with E-state index in [4.69, 9.17) is 0 Å². The summed E-state index contributed by atoms with van der Waals surface area (Å²) < 4.78 is 0. The molecule has 0 aliphatic heterocycles. The SMILES string of the molecule is CCCCCCCCC(C(=O)O)=C(CCCCCCC)C(=O)O. The lowest BCUT2D eigenvalue weighted by molar-refractivity contribution is -0.136. The molecule has 0 spiro atoms. The van der Waals surface area contributed by atoms with Gasteiger partial charge in [0.1, 0.15) is 0 Å². The minimum atomic E-state index is -1.07. The fourth-order valence-corrected chi connectivity index (χ4v) is 2.76. The average molecular weight is 326 g/mol. The van der Waals surface area contributed by atoms with Crippen LogP contribution < -0.4 is 0 Å². The van der Waals surface area contributed by atoms with Crippen molar-refractivity contribution in [2.45, 2.75) is 97.3 Å². The second kappa shape index (κ2) is 14.3. The van der Waals surface area contributed by atoms with Gasteiger partial charge in [-0.3, -0.25) is 0 Å². The molecule has 0 radical (unpaired) electrons. The van der Waals surface area contributed by atoms with Gasteiger partial charge in [-0.1, -0.05) is 71.6 Å². The first-order valence-corrected chi connectivity index (χ1v) is 9.23. The molecule has 0 bridgehead atoms. The van der Waals surface area contributed by atoms with Gasteiger partial charge >= 0.3 is 11.9 Å². The van der Waals surface area contributed by atoms with Gasteiger partial charge in [0.15, 0.2) is 0 Å². The first-order valence-electron chi connectivity index (χ1n) is 9.23. The number of carboxylic acids is 2. The highest BCUT2D eigenvalue weighted by molar-refractivity contribution is 5.98. The fourth-order valence-electron chi connectivity index (χ4n) is 2.76. The van der Waals surface area contributed by atoms with Crippen LogP contribution in [0.25, 0.3) is 0 Å². The largest absolute Gasteiger partial charge is 0.478 e. The van der Waals surface area contributed by atoms with Crippen LogP contribution in [0, 0.1) is 0 Å². The Morgan fingerprint density at radius 1 is 0.565 bits per heavy atom. The van der Waals surface area contributed by atoms with Crippen molar-refractivity contribution in [1.82, 2.24) is 0 Å². The Labute approximate surface area is 141 Å². The molecular weight excluding hydrogens is 292 g/mol. The first kappa shape index (κ1) is 21.7. The van der Waals surface area contributed by atoms with E-state index in [1.54, 1.807) is 0 Å². The van der Waals surface area contributed by atoms with Gasteiger partial charge in [0.25, 0.3) is 0 Å². The monoisotopic (exact) mass is 326 g/mol. The van der Waals surface area contributed by atoms with E-state index < -0.39 is 11.9 Å². The maximum atomic E-state index is 11.4. The number of unbranched alkanes of at least 4 members (excludes halogenated alkanes) is 9. The molecule has 2 N–H and O–H groups in total. The minimum absolute atomic E-state index is 0.113. The summed E-state index contributed by atoms with van der Waals surface area (Å²) in [6, 6.07) is 0. The van der Waals surface area contributed by atoms with Crippen LogP contribution in [0.1, 0.15) is 97.3 Å². The third-order valence-corrected chi connectivity index (χ3v) is 4.19. The second-order valence-electron chi connectivity index (χ2n) is 6.25. The van der Waals surface area contributed by atoms with Crippen LogP contribution in [0.5, 0.6) is 0 Å². The lowest BCUT2D eigenvalue weighted by atomic mass is 9.96. The maximum Gasteiger partial charge on any atom is 0.332 e. The molecule has 0 aromatic carbocycles. The number of hydrogen-bond acceptors (Lipinski definition) is 2. The molecule has 0 fully saturated rings. The highest BCUT2D eigenvalue weighted by atomic mass is 16.4. The lowest BCUT2D eigenvalue weighted by Gasteiger charge is -2.09. The molecule has 0 aliphatic carbocycles.